The topological polar surface area (TPSA) is 534 Å². The SMILES string of the molecule is CC(C)(C)COC(C)(C)OCC(C)(C)N.CC(C)(C)COCOCC(C)(C)N.CC(C)COC(C)(C)OCC(C)N.CC(C)COC(C)OCC(C)N.CC(C)COCOCC(C)N.CC(OCC(C)(C)C)OCC(C)(C)N.CCC(C)OC(C)(C)OC(C)CN.CCC(C)OC(C)OC(C)CN.CCC(C)OCOC(C)CN.CCCOC(C)(C)OCCN.CCCOC(C)OCCN.CCCOCOCCN. The van der Waals surface area contributed by atoms with Crippen molar-refractivity contribution in [3.63, 3.8) is 0 Å². The highest BCUT2D eigenvalue weighted by Gasteiger charge is 2.28. The van der Waals surface area contributed by atoms with E-state index < -0.39 is 23.1 Å². The van der Waals surface area contributed by atoms with Crippen molar-refractivity contribution in [2.75, 3.05) is 185 Å². The Balaban J connectivity index is -0.000000132. The highest BCUT2D eigenvalue weighted by Crippen LogP contribution is 2.23. The van der Waals surface area contributed by atoms with Gasteiger partial charge in [-0.25, -0.2) is 0 Å². The molecule has 0 aromatic carbocycles. The first-order valence-electron chi connectivity index (χ1n) is 53.5. The summed E-state index contributed by atoms with van der Waals surface area (Å²) in [7, 11) is 0. The van der Waals surface area contributed by atoms with E-state index in [1.54, 1.807) is 0 Å². The quantitative estimate of drug-likeness (QED) is 0.0199. The van der Waals surface area contributed by atoms with E-state index >= 15 is 0 Å². The van der Waals surface area contributed by atoms with Crippen LogP contribution in [-0.4, -0.2) is 305 Å². The standard InChI is InChI=1S/C12H27NO2.C11H25NO2.3C10H23NO2.2C9H21NO2.3C8H19NO2.C7H17NO2.C6H15NO2/c1-10(2,3)8-14-12(6,7)15-9-11(4,5)13;1-9(13-7-10(2,3)4)14-8-11(5,6)12;1-9(2,3)6-12-8-13-7-10(4,5)11;1-8(2)6-12-10(4,5)13-7-9(3)11;1-6-8(2)12-10(4,5)13-9(3)7-11;1-7(2)5-11-9(4)12-6-8(3)10;1-5-7(2)11-9(4)12-8(3)6-10;1-7(2)4-10-6-11-5-8(3)9;1-4-7(2)10-6-11-8(3)5-9;1-4-6-10-8(2,3)11-7-5-9;1-3-5-9-7(2)10-6-4-8;1-2-4-8-6-9-5-3-7/h8-9,13H2,1-7H3;9H,7-8,12H2,1-6H3;6-8,11H2,1-5H3;2*8-9H,6-7,11H2,1-5H3;2*7-9H,5-6,10H2,1-4H3;2*7-8H,4-6,9H2,1-3H3;4-7,9H2,1-3H3;7H,3-6,8H2,1-2H3;2-7H2,1H3. The fourth-order valence-corrected chi connectivity index (χ4v) is 8.32. The molecule has 0 aromatic heterocycles. The van der Waals surface area contributed by atoms with Gasteiger partial charge in [-0.2, -0.15) is 0 Å². The van der Waals surface area contributed by atoms with E-state index in [-0.39, 0.29) is 113 Å². The molecule has 0 aliphatic rings. The Morgan fingerprint density at radius 3 is 0.986 bits per heavy atom. The number of hydrogen-bond donors (Lipinski definition) is 12. The van der Waals surface area contributed by atoms with Crippen molar-refractivity contribution in [1.82, 2.24) is 0 Å². The fourth-order valence-electron chi connectivity index (χ4n) is 8.32. The first-order chi connectivity index (χ1) is 65.8. The van der Waals surface area contributed by atoms with Gasteiger partial charge in [-0.15, -0.1) is 0 Å². The van der Waals surface area contributed by atoms with Gasteiger partial charge in [0.15, 0.2) is 48.3 Å². The van der Waals surface area contributed by atoms with Crippen LogP contribution in [0.2, 0.25) is 0 Å². The van der Waals surface area contributed by atoms with Gasteiger partial charge in [-0.05, 0) is 259 Å². The van der Waals surface area contributed by atoms with Gasteiger partial charge in [0.2, 0.25) is 0 Å². The van der Waals surface area contributed by atoms with Crippen LogP contribution in [0.3, 0.4) is 0 Å². The molecule has 36 nitrogen and oxygen atoms in total. The van der Waals surface area contributed by atoms with Crippen molar-refractivity contribution in [2.24, 2.45) is 103 Å². The van der Waals surface area contributed by atoms with Crippen molar-refractivity contribution in [1.29, 1.82) is 0 Å². The lowest BCUT2D eigenvalue weighted by Crippen LogP contribution is -2.42. The molecule has 0 bridgehead atoms. The van der Waals surface area contributed by atoms with Crippen molar-refractivity contribution in [2.45, 2.75) is 491 Å². The Morgan fingerprint density at radius 2 is 0.569 bits per heavy atom. The predicted molar refractivity (Wildman–Crippen MR) is 599 cm³/mol. The number of nitrogens with two attached hydrogens (primary N) is 12. The van der Waals surface area contributed by atoms with E-state index in [1.165, 1.54) is 0 Å². The van der Waals surface area contributed by atoms with Crippen LogP contribution < -0.4 is 68.8 Å². The van der Waals surface area contributed by atoms with Crippen molar-refractivity contribution >= 4 is 0 Å². The minimum absolute atomic E-state index is 0.0408. The normalized spacial score (nSPS) is 14.9. The van der Waals surface area contributed by atoms with Gasteiger partial charge < -0.3 is 182 Å². The molecule has 0 saturated heterocycles. The van der Waals surface area contributed by atoms with E-state index in [0.717, 1.165) is 71.6 Å². The van der Waals surface area contributed by atoms with Crippen LogP contribution in [0.5, 0.6) is 0 Å². The Kier molecular flexibility index (Phi) is 120. The molecule has 888 valence electrons. The maximum absolute atomic E-state index is 5.84. The molecule has 0 fully saturated rings. The Morgan fingerprint density at radius 1 is 0.222 bits per heavy atom. The van der Waals surface area contributed by atoms with Crippen LogP contribution in [0.4, 0.5) is 0 Å². The molecule has 144 heavy (non-hydrogen) atoms. The van der Waals surface area contributed by atoms with E-state index in [2.05, 4.69) is 145 Å². The van der Waals surface area contributed by atoms with Crippen LogP contribution in [0.15, 0.2) is 0 Å². The van der Waals surface area contributed by atoms with Crippen LogP contribution in [-0.2, 0) is 114 Å². The molecule has 0 rings (SSSR count). The Hall–Kier alpha value is -1.44. The minimum atomic E-state index is -0.566. The molecule has 0 aliphatic carbocycles. The molecule has 0 spiro atoms. The molecule has 0 amide bonds. The molecular weight excluding hydrogens is 1850 g/mol. The summed E-state index contributed by atoms with van der Waals surface area (Å²) >= 11 is 0. The Labute approximate surface area is 888 Å². The average molecular weight is 2100 g/mol. The third-order valence-corrected chi connectivity index (χ3v) is 16.2. The number of ether oxygens (including phenoxy) is 24. The van der Waals surface area contributed by atoms with Crippen molar-refractivity contribution < 1.29 is 114 Å². The van der Waals surface area contributed by atoms with Gasteiger partial charge in [-0.3, -0.25) is 0 Å². The smallest absolute Gasteiger partial charge is 0.163 e. The summed E-state index contributed by atoms with van der Waals surface area (Å²) < 4.78 is 129. The molecule has 0 heterocycles. The fraction of sp³-hybridized carbons (Fsp3) is 1.00. The van der Waals surface area contributed by atoms with Crippen molar-refractivity contribution in [3.8, 4) is 0 Å². The third kappa shape index (κ3) is 176. The number of hydrogen-bond acceptors (Lipinski definition) is 36. The van der Waals surface area contributed by atoms with E-state index in [0.29, 0.717) is 170 Å². The molecule has 0 aromatic rings. The highest BCUT2D eigenvalue weighted by molar-refractivity contribution is 4.74. The molecule has 24 N–H and O–H groups in total. The van der Waals surface area contributed by atoms with Gasteiger partial charge in [0, 0.05) is 93.8 Å². The predicted octanol–water partition coefficient (Wildman–Crippen LogP) is 17.3. The lowest BCUT2D eigenvalue weighted by Gasteiger charge is -2.32. The van der Waals surface area contributed by atoms with E-state index in [4.69, 9.17) is 182 Å². The van der Waals surface area contributed by atoms with Crippen LogP contribution >= 0.6 is 0 Å². The monoisotopic (exact) mass is 2100 g/mol. The first-order valence-corrected chi connectivity index (χ1v) is 53.5. The third-order valence-electron chi connectivity index (χ3n) is 16.2. The second kappa shape index (κ2) is 103. The second-order valence-corrected chi connectivity index (χ2v) is 45.3. The zero-order valence-corrected chi connectivity index (χ0v) is 103. The highest BCUT2D eigenvalue weighted by atomic mass is 16.7. The van der Waals surface area contributed by atoms with Crippen LogP contribution in [0.25, 0.3) is 0 Å². The molecule has 0 aliphatic heterocycles. The summed E-state index contributed by atoms with van der Waals surface area (Å²) in [6, 6.07) is 0.231. The van der Waals surface area contributed by atoms with Gasteiger partial charge in [0.05, 0.1) is 136 Å². The maximum Gasteiger partial charge on any atom is 0.163 e. The molecule has 0 radical (unpaired) electrons. The minimum Gasteiger partial charge on any atom is -0.355 e. The summed E-state index contributed by atoms with van der Waals surface area (Å²) in [5.41, 5.74) is 65.4. The van der Waals surface area contributed by atoms with Gasteiger partial charge in [0.25, 0.3) is 0 Å². The van der Waals surface area contributed by atoms with Crippen LogP contribution in [0.1, 0.15) is 371 Å². The largest absolute Gasteiger partial charge is 0.355 e. The maximum atomic E-state index is 5.84. The average Bonchev–Trinajstić information content (AvgIpc) is 0.901. The summed E-state index contributed by atoms with van der Waals surface area (Å²) in [4.78, 5) is 0. The zero-order chi connectivity index (χ0) is 115. The van der Waals surface area contributed by atoms with Crippen LogP contribution in [0, 0.1) is 34.0 Å². The van der Waals surface area contributed by atoms with Gasteiger partial charge in [0.1, 0.15) is 27.2 Å². The summed E-state index contributed by atoms with van der Waals surface area (Å²) in [6.45, 7) is 113. The Bertz CT molecular complexity index is 2360. The summed E-state index contributed by atoms with van der Waals surface area (Å²) in [5.74, 6) is -0.454. The zero-order valence-electron chi connectivity index (χ0n) is 103. The lowest BCUT2D eigenvalue weighted by atomic mass is 9.98. The van der Waals surface area contributed by atoms with E-state index in [1.807, 2.05) is 187 Å². The summed E-state index contributed by atoms with van der Waals surface area (Å²) in [6.07, 6.45) is 6.46. The molecular formula is C108H252N12O24. The van der Waals surface area contributed by atoms with Gasteiger partial charge >= 0.3 is 0 Å². The summed E-state index contributed by atoms with van der Waals surface area (Å²) in [5, 5.41) is 0. The lowest BCUT2D eigenvalue weighted by molar-refractivity contribution is -0.250. The molecule has 13 atom stereocenters. The molecule has 36 heteroatoms. The molecule has 13 unspecified atom stereocenters. The number of rotatable bonds is 69. The second-order valence-electron chi connectivity index (χ2n) is 45.3. The first kappa shape index (κ1) is 168. The van der Waals surface area contributed by atoms with Gasteiger partial charge in [-0.1, -0.05) is 145 Å². The van der Waals surface area contributed by atoms with Crippen molar-refractivity contribution in [3.05, 3.63) is 0 Å². The molecule has 0 saturated carbocycles. The van der Waals surface area contributed by atoms with E-state index in [9.17, 15) is 0 Å².